The molecule has 0 N–H and O–H groups in total. The van der Waals surface area contributed by atoms with Crippen LogP contribution in [0.25, 0.3) is 23.1 Å². The van der Waals surface area contributed by atoms with Crippen molar-refractivity contribution in [3.63, 3.8) is 0 Å². The molecule has 0 amide bonds. The average molecular weight is 259 g/mol. The van der Waals surface area contributed by atoms with Gasteiger partial charge in [0.1, 0.15) is 0 Å². The Morgan fingerprint density at radius 1 is 0.850 bits per heavy atom. The van der Waals surface area contributed by atoms with Crippen LogP contribution >= 0.6 is 0 Å². The summed E-state index contributed by atoms with van der Waals surface area (Å²) in [7, 11) is 0. The van der Waals surface area contributed by atoms with Crippen LogP contribution in [0.15, 0.2) is 54.6 Å². The standard InChI is InChI=1S/C19H17N/c1-14-7-8-15(2)17(13-14)10-12-18-11-9-16-5-3-4-6-19(16)20-18/h3-13H,1-2H3/b12-10+. The molecule has 0 saturated carbocycles. The van der Waals surface area contributed by atoms with Crippen molar-refractivity contribution in [2.45, 2.75) is 13.8 Å². The fourth-order valence-corrected chi connectivity index (χ4v) is 2.29. The maximum atomic E-state index is 4.66. The summed E-state index contributed by atoms with van der Waals surface area (Å²) >= 11 is 0. The summed E-state index contributed by atoms with van der Waals surface area (Å²) in [5.74, 6) is 0. The Morgan fingerprint density at radius 3 is 2.60 bits per heavy atom. The van der Waals surface area contributed by atoms with Crippen LogP contribution in [0.5, 0.6) is 0 Å². The number of pyridine rings is 1. The lowest BCUT2D eigenvalue weighted by molar-refractivity contribution is 1.36. The molecular formula is C19H17N. The third-order valence-corrected chi connectivity index (χ3v) is 3.49. The van der Waals surface area contributed by atoms with Crippen molar-refractivity contribution in [3.05, 3.63) is 77.0 Å². The smallest absolute Gasteiger partial charge is 0.0709 e. The number of benzene rings is 2. The highest BCUT2D eigenvalue weighted by molar-refractivity contribution is 5.81. The minimum absolute atomic E-state index is 0.990. The largest absolute Gasteiger partial charge is 0.248 e. The predicted octanol–water partition coefficient (Wildman–Crippen LogP) is 5.02. The van der Waals surface area contributed by atoms with Gasteiger partial charge in [-0.25, -0.2) is 4.98 Å². The third-order valence-electron chi connectivity index (χ3n) is 3.49. The molecule has 0 bridgehead atoms. The first-order valence-electron chi connectivity index (χ1n) is 6.83. The molecule has 98 valence electrons. The van der Waals surface area contributed by atoms with Gasteiger partial charge in [-0.05, 0) is 43.2 Å². The molecule has 0 fully saturated rings. The fourth-order valence-electron chi connectivity index (χ4n) is 2.29. The zero-order valence-corrected chi connectivity index (χ0v) is 11.8. The second-order valence-electron chi connectivity index (χ2n) is 5.12. The first-order valence-corrected chi connectivity index (χ1v) is 6.83. The van der Waals surface area contributed by atoms with E-state index in [1.807, 2.05) is 18.2 Å². The maximum Gasteiger partial charge on any atom is 0.0709 e. The zero-order chi connectivity index (χ0) is 13.9. The lowest BCUT2D eigenvalue weighted by Crippen LogP contribution is -1.84. The molecule has 1 nitrogen and oxygen atoms in total. The van der Waals surface area contributed by atoms with E-state index in [0.717, 1.165) is 11.2 Å². The molecule has 20 heavy (non-hydrogen) atoms. The van der Waals surface area contributed by atoms with E-state index in [-0.39, 0.29) is 0 Å². The Bertz CT molecular complexity index is 785. The van der Waals surface area contributed by atoms with E-state index in [2.05, 4.69) is 67.4 Å². The highest BCUT2D eigenvalue weighted by Gasteiger charge is 1.97. The van der Waals surface area contributed by atoms with Gasteiger partial charge in [-0.1, -0.05) is 54.1 Å². The van der Waals surface area contributed by atoms with E-state index in [1.54, 1.807) is 0 Å². The Kier molecular flexibility index (Phi) is 3.34. The number of aromatic nitrogens is 1. The lowest BCUT2D eigenvalue weighted by atomic mass is 10.0. The molecule has 0 radical (unpaired) electrons. The molecule has 1 heteroatoms. The molecule has 2 aromatic carbocycles. The number of hydrogen-bond donors (Lipinski definition) is 0. The fraction of sp³-hybridized carbons (Fsp3) is 0.105. The van der Waals surface area contributed by atoms with Crippen LogP contribution in [0.3, 0.4) is 0 Å². The summed E-state index contributed by atoms with van der Waals surface area (Å²) < 4.78 is 0. The highest BCUT2D eigenvalue weighted by atomic mass is 14.7. The molecule has 0 unspecified atom stereocenters. The molecule has 3 rings (SSSR count). The number of rotatable bonds is 2. The monoisotopic (exact) mass is 259 g/mol. The Hall–Kier alpha value is -2.41. The van der Waals surface area contributed by atoms with Crippen LogP contribution in [0.4, 0.5) is 0 Å². The molecule has 3 aromatic rings. The van der Waals surface area contributed by atoms with Crippen LogP contribution in [0.2, 0.25) is 0 Å². The quantitative estimate of drug-likeness (QED) is 0.629. The summed E-state index contributed by atoms with van der Waals surface area (Å²) in [5.41, 5.74) is 5.84. The predicted molar refractivity (Wildman–Crippen MR) is 86.6 cm³/mol. The number of hydrogen-bond acceptors (Lipinski definition) is 1. The lowest BCUT2D eigenvalue weighted by Gasteiger charge is -2.02. The van der Waals surface area contributed by atoms with Gasteiger partial charge in [-0.15, -0.1) is 0 Å². The zero-order valence-electron chi connectivity index (χ0n) is 11.8. The second-order valence-corrected chi connectivity index (χ2v) is 5.12. The highest BCUT2D eigenvalue weighted by Crippen LogP contribution is 2.16. The molecule has 0 aliphatic rings. The van der Waals surface area contributed by atoms with E-state index in [0.29, 0.717) is 0 Å². The van der Waals surface area contributed by atoms with E-state index in [4.69, 9.17) is 0 Å². The number of aryl methyl sites for hydroxylation is 2. The Balaban J connectivity index is 1.96. The number of nitrogens with zero attached hydrogens (tertiary/aromatic N) is 1. The summed E-state index contributed by atoms with van der Waals surface area (Å²) in [6.07, 6.45) is 4.22. The first-order chi connectivity index (χ1) is 9.72. The van der Waals surface area contributed by atoms with Crippen molar-refractivity contribution in [1.82, 2.24) is 4.98 Å². The normalized spacial score (nSPS) is 11.3. The Morgan fingerprint density at radius 2 is 1.70 bits per heavy atom. The second kappa shape index (κ2) is 5.30. The van der Waals surface area contributed by atoms with E-state index in [9.17, 15) is 0 Å². The van der Waals surface area contributed by atoms with Gasteiger partial charge in [-0.2, -0.15) is 0 Å². The van der Waals surface area contributed by atoms with Crippen molar-refractivity contribution in [2.75, 3.05) is 0 Å². The van der Waals surface area contributed by atoms with Gasteiger partial charge in [0.05, 0.1) is 11.2 Å². The topological polar surface area (TPSA) is 12.9 Å². The molecular weight excluding hydrogens is 242 g/mol. The molecule has 0 aliphatic carbocycles. The van der Waals surface area contributed by atoms with Crippen LogP contribution in [-0.4, -0.2) is 4.98 Å². The van der Waals surface area contributed by atoms with Gasteiger partial charge >= 0.3 is 0 Å². The van der Waals surface area contributed by atoms with Crippen molar-refractivity contribution in [3.8, 4) is 0 Å². The average Bonchev–Trinajstić information content (AvgIpc) is 2.48. The van der Waals surface area contributed by atoms with Crippen LogP contribution in [0.1, 0.15) is 22.4 Å². The Labute approximate surface area is 119 Å². The van der Waals surface area contributed by atoms with Crippen LogP contribution in [-0.2, 0) is 0 Å². The van der Waals surface area contributed by atoms with Crippen molar-refractivity contribution in [1.29, 1.82) is 0 Å². The number of para-hydroxylation sites is 1. The van der Waals surface area contributed by atoms with Crippen molar-refractivity contribution < 1.29 is 0 Å². The summed E-state index contributed by atoms with van der Waals surface area (Å²) in [4.78, 5) is 4.66. The molecule has 0 saturated heterocycles. The van der Waals surface area contributed by atoms with Crippen LogP contribution in [0, 0.1) is 13.8 Å². The van der Waals surface area contributed by atoms with Gasteiger partial charge in [0.25, 0.3) is 0 Å². The van der Waals surface area contributed by atoms with E-state index >= 15 is 0 Å². The minimum atomic E-state index is 0.990. The summed E-state index contributed by atoms with van der Waals surface area (Å²) in [6, 6.07) is 18.9. The SMILES string of the molecule is Cc1ccc(C)c(/C=C/c2ccc3ccccc3n2)c1. The van der Waals surface area contributed by atoms with Gasteiger partial charge in [0.15, 0.2) is 0 Å². The number of fused-ring (bicyclic) bond motifs is 1. The minimum Gasteiger partial charge on any atom is -0.248 e. The van der Waals surface area contributed by atoms with Crippen molar-refractivity contribution in [2.24, 2.45) is 0 Å². The molecule has 0 spiro atoms. The summed E-state index contributed by atoms with van der Waals surface area (Å²) in [6.45, 7) is 4.25. The van der Waals surface area contributed by atoms with E-state index in [1.165, 1.54) is 22.1 Å². The molecule has 0 aliphatic heterocycles. The molecule has 1 aromatic heterocycles. The van der Waals surface area contributed by atoms with Gasteiger partial charge in [0.2, 0.25) is 0 Å². The maximum absolute atomic E-state index is 4.66. The molecule has 0 atom stereocenters. The van der Waals surface area contributed by atoms with Gasteiger partial charge < -0.3 is 0 Å². The molecule has 1 heterocycles. The third kappa shape index (κ3) is 2.62. The summed E-state index contributed by atoms with van der Waals surface area (Å²) in [5, 5.41) is 1.18. The van der Waals surface area contributed by atoms with E-state index < -0.39 is 0 Å². The van der Waals surface area contributed by atoms with Gasteiger partial charge in [-0.3, -0.25) is 0 Å². The first kappa shape index (κ1) is 12.6. The van der Waals surface area contributed by atoms with Crippen LogP contribution < -0.4 is 0 Å². The van der Waals surface area contributed by atoms with Gasteiger partial charge in [0, 0.05) is 5.39 Å². The van der Waals surface area contributed by atoms with Crippen molar-refractivity contribution >= 4 is 23.1 Å².